The van der Waals surface area contributed by atoms with Crippen LogP contribution in [0.25, 0.3) is 0 Å². The van der Waals surface area contributed by atoms with Crippen molar-refractivity contribution in [2.45, 2.75) is 12.0 Å². The fraction of sp³-hybridized carbons (Fsp3) is 0.348. The van der Waals surface area contributed by atoms with Gasteiger partial charge in [-0.2, -0.15) is 0 Å². The summed E-state index contributed by atoms with van der Waals surface area (Å²) >= 11 is 0. The first-order valence-electron chi connectivity index (χ1n) is 10.0. The van der Waals surface area contributed by atoms with Crippen molar-refractivity contribution in [3.63, 3.8) is 0 Å². The first-order valence-corrected chi connectivity index (χ1v) is 10.0. The lowest BCUT2D eigenvalue weighted by Gasteiger charge is -2.39. The number of carbonyl (C=O) groups is 3. The third kappa shape index (κ3) is 4.86. The zero-order chi connectivity index (χ0) is 22.4. The third-order valence-electron chi connectivity index (χ3n) is 5.37. The van der Waals surface area contributed by atoms with Gasteiger partial charge in [-0.15, -0.1) is 0 Å². The quantitative estimate of drug-likeness (QED) is 0.625. The number of nitrogens with one attached hydrogen (secondary N) is 2. The Morgan fingerprint density at radius 3 is 2.42 bits per heavy atom. The summed E-state index contributed by atoms with van der Waals surface area (Å²) in [5, 5.41) is 5.40. The lowest BCUT2D eigenvalue weighted by Crippen LogP contribution is -2.47. The molecule has 0 aliphatic carbocycles. The van der Waals surface area contributed by atoms with Crippen molar-refractivity contribution >= 4 is 17.7 Å². The van der Waals surface area contributed by atoms with Crippen LogP contribution in [0.1, 0.15) is 33.4 Å². The number of benzene rings is 2. The number of fused-ring (bicyclic) bond motifs is 1. The Labute approximate surface area is 181 Å². The van der Waals surface area contributed by atoms with Gasteiger partial charge in [-0.25, -0.2) is 0 Å². The molecule has 0 saturated heterocycles. The topological polar surface area (TPSA) is 97.0 Å². The summed E-state index contributed by atoms with van der Waals surface area (Å²) in [5.41, 5.74) is 1.93. The van der Waals surface area contributed by atoms with Crippen LogP contribution < -0.4 is 15.4 Å². The van der Waals surface area contributed by atoms with Gasteiger partial charge in [0, 0.05) is 26.3 Å². The summed E-state index contributed by atoms with van der Waals surface area (Å²) < 4.78 is 10.1. The highest BCUT2D eigenvalue weighted by Gasteiger charge is 2.42. The van der Waals surface area contributed by atoms with Gasteiger partial charge in [-0.1, -0.05) is 30.3 Å². The maximum Gasteiger partial charge on any atom is 0.254 e. The van der Waals surface area contributed by atoms with E-state index in [0.717, 1.165) is 5.56 Å². The molecule has 0 fully saturated rings. The Morgan fingerprint density at radius 1 is 1.03 bits per heavy atom. The molecule has 8 heteroatoms. The van der Waals surface area contributed by atoms with Crippen molar-refractivity contribution < 1.29 is 23.9 Å². The van der Waals surface area contributed by atoms with Crippen molar-refractivity contribution in [3.05, 3.63) is 65.2 Å². The maximum atomic E-state index is 13.3. The van der Waals surface area contributed by atoms with E-state index in [9.17, 15) is 14.4 Å². The van der Waals surface area contributed by atoms with E-state index < -0.39 is 12.0 Å². The number of carbonyl (C=O) groups excluding carboxylic acids is 3. The molecule has 1 heterocycles. The minimum atomic E-state index is -0.668. The van der Waals surface area contributed by atoms with Crippen LogP contribution in [0, 0.1) is 0 Å². The molecule has 0 aromatic heterocycles. The first-order chi connectivity index (χ1) is 15.0. The van der Waals surface area contributed by atoms with Crippen molar-refractivity contribution in [2.75, 3.05) is 41.0 Å². The van der Waals surface area contributed by atoms with Gasteiger partial charge in [-0.05, 0) is 29.3 Å². The summed E-state index contributed by atoms with van der Waals surface area (Å²) in [6, 6.07) is 13.9. The molecule has 2 aromatic rings. The van der Waals surface area contributed by atoms with Crippen LogP contribution in [0.15, 0.2) is 48.5 Å². The first kappa shape index (κ1) is 22.3. The molecule has 31 heavy (non-hydrogen) atoms. The summed E-state index contributed by atoms with van der Waals surface area (Å²) in [4.78, 5) is 39.9. The largest absolute Gasteiger partial charge is 0.497 e. The van der Waals surface area contributed by atoms with Crippen LogP contribution >= 0.6 is 0 Å². The molecule has 0 bridgehead atoms. The van der Waals surface area contributed by atoms with Crippen molar-refractivity contribution in [3.8, 4) is 5.75 Å². The predicted molar refractivity (Wildman–Crippen MR) is 115 cm³/mol. The van der Waals surface area contributed by atoms with E-state index in [4.69, 9.17) is 9.47 Å². The number of likely N-dealkylation sites (N-methyl/N-ethyl adjacent to an activating group) is 1. The molecule has 1 aliphatic heterocycles. The smallest absolute Gasteiger partial charge is 0.254 e. The number of methoxy groups -OCH3 is 2. The van der Waals surface area contributed by atoms with Crippen molar-refractivity contribution in [1.82, 2.24) is 15.5 Å². The Hall–Kier alpha value is -3.39. The van der Waals surface area contributed by atoms with E-state index in [2.05, 4.69) is 10.6 Å². The van der Waals surface area contributed by atoms with Gasteiger partial charge >= 0.3 is 0 Å². The van der Waals surface area contributed by atoms with Crippen LogP contribution in [0.4, 0.5) is 0 Å². The molecule has 164 valence electrons. The zero-order valence-corrected chi connectivity index (χ0v) is 17.9. The van der Waals surface area contributed by atoms with Crippen LogP contribution in [0.5, 0.6) is 5.75 Å². The van der Waals surface area contributed by atoms with E-state index in [1.54, 1.807) is 62.6 Å². The molecule has 3 amide bonds. The number of hydrogen-bond acceptors (Lipinski definition) is 5. The highest BCUT2D eigenvalue weighted by molar-refractivity contribution is 6.01. The monoisotopic (exact) mass is 425 g/mol. The fourth-order valence-corrected chi connectivity index (χ4v) is 3.81. The van der Waals surface area contributed by atoms with E-state index in [-0.39, 0.29) is 24.3 Å². The Balaban J connectivity index is 1.89. The van der Waals surface area contributed by atoms with E-state index >= 15 is 0 Å². The molecular formula is C23H27N3O5. The number of hydrogen-bond donors (Lipinski definition) is 2. The van der Waals surface area contributed by atoms with Gasteiger partial charge in [0.15, 0.2) is 0 Å². The lowest BCUT2D eigenvalue weighted by atomic mass is 9.79. The average molecular weight is 425 g/mol. The molecule has 1 aliphatic rings. The van der Waals surface area contributed by atoms with Gasteiger partial charge in [0.1, 0.15) is 5.75 Å². The van der Waals surface area contributed by atoms with E-state index in [0.29, 0.717) is 30.0 Å². The van der Waals surface area contributed by atoms with Crippen molar-refractivity contribution in [1.29, 1.82) is 0 Å². The summed E-state index contributed by atoms with van der Waals surface area (Å²) in [6.45, 7) is 0.597. The third-order valence-corrected chi connectivity index (χ3v) is 5.37. The number of ether oxygens (including phenoxy) is 2. The lowest BCUT2D eigenvalue weighted by molar-refractivity contribution is -0.128. The molecule has 8 nitrogen and oxygen atoms in total. The predicted octanol–water partition coefficient (Wildman–Crippen LogP) is 1.48. The Morgan fingerprint density at radius 2 is 1.74 bits per heavy atom. The van der Waals surface area contributed by atoms with Crippen LogP contribution in [0.3, 0.4) is 0 Å². The van der Waals surface area contributed by atoms with E-state index in [1.807, 2.05) is 12.1 Å². The Bertz CT molecular complexity index is 944. The molecule has 0 saturated carbocycles. The maximum absolute atomic E-state index is 13.3. The molecule has 0 radical (unpaired) electrons. The average Bonchev–Trinajstić information content (AvgIpc) is 2.80. The second-order valence-electron chi connectivity index (χ2n) is 7.26. The second-order valence-corrected chi connectivity index (χ2v) is 7.26. The Kier molecular flexibility index (Phi) is 7.25. The summed E-state index contributed by atoms with van der Waals surface area (Å²) in [5.74, 6) is -0.769. The standard InChI is InChI=1S/C23H27N3O5/c1-26-21(15-8-10-16(31-3)11-9-15)20(17-6-4-5-7-18(17)23(26)29)22(28)25-14-19(27)24-12-13-30-2/h4-11,20-21H,12-14H2,1-3H3,(H,24,27)(H,25,28)/t20-,21-/m0/s1. The molecule has 0 spiro atoms. The summed E-state index contributed by atoms with van der Waals surface area (Å²) in [6.07, 6.45) is 0. The molecule has 2 aromatic carbocycles. The number of rotatable bonds is 8. The number of nitrogens with zero attached hydrogens (tertiary/aromatic N) is 1. The summed E-state index contributed by atoms with van der Waals surface area (Å²) in [7, 11) is 4.81. The SMILES string of the molecule is COCCNC(=O)CNC(=O)[C@H]1c2ccccc2C(=O)N(C)[C@H]1c1ccc(OC)cc1. The zero-order valence-electron chi connectivity index (χ0n) is 17.9. The van der Waals surface area contributed by atoms with E-state index in [1.165, 1.54) is 0 Å². The molecular weight excluding hydrogens is 398 g/mol. The normalized spacial score (nSPS) is 17.6. The highest BCUT2D eigenvalue weighted by Crippen LogP contribution is 2.42. The van der Waals surface area contributed by atoms with Gasteiger partial charge in [-0.3, -0.25) is 14.4 Å². The van der Waals surface area contributed by atoms with Crippen LogP contribution in [-0.4, -0.2) is 63.6 Å². The minimum Gasteiger partial charge on any atom is -0.497 e. The molecule has 0 unspecified atom stereocenters. The van der Waals surface area contributed by atoms with Crippen LogP contribution in [-0.2, 0) is 14.3 Å². The fourth-order valence-electron chi connectivity index (χ4n) is 3.81. The van der Waals surface area contributed by atoms with Crippen LogP contribution in [0.2, 0.25) is 0 Å². The minimum absolute atomic E-state index is 0.155. The number of amides is 3. The van der Waals surface area contributed by atoms with Gasteiger partial charge < -0.3 is 25.0 Å². The molecule has 3 rings (SSSR count). The van der Waals surface area contributed by atoms with Gasteiger partial charge in [0.2, 0.25) is 11.8 Å². The molecule has 2 N–H and O–H groups in total. The molecule has 2 atom stereocenters. The second kappa shape index (κ2) is 10.1. The van der Waals surface area contributed by atoms with Gasteiger partial charge in [0.25, 0.3) is 5.91 Å². The van der Waals surface area contributed by atoms with Gasteiger partial charge in [0.05, 0.1) is 32.2 Å². The van der Waals surface area contributed by atoms with Crippen molar-refractivity contribution in [2.24, 2.45) is 0 Å². The highest BCUT2D eigenvalue weighted by atomic mass is 16.5.